The van der Waals surface area contributed by atoms with Crippen molar-refractivity contribution in [3.8, 4) is 39.3 Å². The second kappa shape index (κ2) is 11.2. The summed E-state index contributed by atoms with van der Waals surface area (Å²) >= 11 is 0. The molecule has 3 aromatic heterocycles. The fraction of sp³-hybridized carbons (Fsp3) is 0. The Labute approximate surface area is 299 Å². The van der Waals surface area contributed by atoms with Crippen LogP contribution < -0.4 is 0 Å². The van der Waals surface area contributed by atoms with Gasteiger partial charge in [-0.1, -0.05) is 133 Å². The Bertz CT molecular complexity index is 3110. The molecule has 11 rings (SSSR count). The highest BCUT2D eigenvalue weighted by molar-refractivity contribution is 6.13. The van der Waals surface area contributed by atoms with Gasteiger partial charge in [0, 0.05) is 32.8 Å². The Morgan fingerprint density at radius 2 is 0.923 bits per heavy atom. The van der Waals surface area contributed by atoms with Crippen LogP contribution in [0.4, 0.5) is 0 Å². The van der Waals surface area contributed by atoms with E-state index >= 15 is 0 Å². The summed E-state index contributed by atoms with van der Waals surface area (Å²) in [4.78, 5) is 0. The van der Waals surface area contributed by atoms with E-state index in [9.17, 15) is 0 Å². The summed E-state index contributed by atoms with van der Waals surface area (Å²) in [6.45, 7) is 0. The van der Waals surface area contributed by atoms with Crippen molar-refractivity contribution in [3.63, 3.8) is 0 Å². The van der Waals surface area contributed by atoms with Gasteiger partial charge in [-0.25, -0.2) is 0 Å². The average Bonchev–Trinajstić information content (AvgIpc) is 3.81. The summed E-state index contributed by atoms with van der Waals surface area (Å²) in [5.74, 6) is 0.826. The summed E-state index contributed by atoms with van der Waals surface area (Å²) in [5, 5.41) is 18.0. The molecule has 0 bridgehead atoms. The van der Waals surface area contributed by atoms with Gasteiger partial charge in [-0.3, -0.25) is 4.40 Å². The number of hydrogen-bond donors (Lipinski definition) is 0. The molecule has 52 heavy (non-hydrogen) atoms. The van der Waals surface area contributed by atoms with Crippen molar-refractivity contribution in [2.24, 2.45) is 0 Å². The summed E-state index contributed by atoms with van der Waals surface area (Å²) < 4.78 is 4.57. The van der Waals surface area contributed by atoms with Crippen LogP contribution in [0.5, 0.6) is 0 Å². The van der Waals surface area contributed by atoms with Gasteiger partial charge in [0.25, 0.3) is 0 Å². The number of fused-ring (bicyclic) bond motifs is 10. The molecule has 8 aromatic carbocycles. The molecular formula is C48H30N4. The topological polar surface area (TPSA) is 35.1 Å². The van der Waals surface area contributed by atoms with Crippen LogP contribution in [0.15, 0.2) is 182 Å². The van der Waals surface area contributed by atoms with Gasteiger partial charge in [0.1, 0.15) is 0 Å². The van der Waals surface area contributed by atoms with Crippen LogP contribution in [-0.4, -0.2) is 19.2 Å². The normalized spacial score (nSPS) is 11.8. The second-order valence-corrected chi connectivity index (χ2v) is 13.5. The van der Waals surface area contributed by atoms with Gasteiger partial charge >= 0.3 is 0 Å². The molecule has 4 heteroatoms. The number of para-hydroxylation sites is 2. The van der Waals surface area contributed by atoms with E-state index in [1.165, 1.54) is 65.6 Å². The van der Waals surface area contributed by atoms with Crippen LogP contribution in [0, 0.1) is 0 Å². The van der Waals surface area contributed by atoms with Gasteiger partial charge in [0.15, 0.2) is 11.5 Å². The first kappa shape index (κ1) is 28.8. The lowest BCUT2D eigenvalue weighted by molar-refractivity contribution is 1.11. The zero-order valence-corrected chi connectivity index (χ0v) is 28.1. The van der Waals surface area contributed by atoms with Crippen LogP contribution in [-0.2, 0) is 0 Å². The third-order valence-corrected chi connectivity index (χ3v) is 10.6. The van der Waals surface area contributed by atoms with E-state index < -0.39 is 0 Å². The van der Waals surface area contributed by atoms with Crippen LogP contribution >= 0.6 is 0 Å². The average molecular weight is 663 g/mol. The molecule has 0 radical (unpaired) electrons. The molecule has 0 spiro atoms. The Balaban J connectivity index is 1.03. The number of benzene rings is 8. The Hall–Kier alpha value is -7.04. The van der Waals surface area contributed by atoms with Gasteiger partial charge in [-0.05, 0) is 86.9 Å². The van der Waals surface area contributed by atoms with E-state index in [0.29, 0.717) is 0 Å². The minimum atomic E-state index is 0.826. The summed E-state index contributed by atoms with van der Waals surface area (Å²) in [6.07, 6.45) is 0. The molecule has 0 aliphatic rings. The van der Waals surface area contributed by atoms with E-state index in [2.05, 4.69) is 191 Å². The predicted octanol–water partition coefficient (Wildman–Crippen LogP) is 12.3. The number of rotatable bonds is 4. The Morgan fingerprint density at radius 3 is 1.67 bits per heavy atom. The summed E-state index contributed by atoms with van der Waals surface area (Å²) in [6, 6.07) is 65.3. The molecule has 0 atom stereocenters. The third kappa shape index (κ3) is 4.28. The van der Waals surface area contributed by atoms with Gasteiger partial charge in [-0.15, -0.1) is 10.2 Å². The van der Waals surface area contributed by atoms with Crippen LogP contribution in [0.2, 0.25) is 0 Å². The summed E-state index contributed by atoms with van der Waals surface area (Å²) in [7, 11) is 0. The van der Waals surface area contributed by atoms with E-state index in [0.717, 1.165) is 33.6 Å². The van der Waals surface area contributed by atoms with Crippen LogP contribution in [0.3, 0.4) is 0 Å². The van der Waals surface area contributed by atoms with Crippen molar-refractivity contribution in [1.29, 1.82) is 0 Å². The SMILES string of the molecule is c1ccc2c(-c3ccc(-c4ccc5c(c4)c4ccccc4c4nnc(-c6ccc(-n7c8ccccc8c8ccccc87)cc6)n54)cc3)cccc2c1. The highest BCUT2D eigenvalue weighted by Crippen LogP contribution is 2.37. The lowest BCUT2D eigenvalue weighted by Crippen LogP contribution is -1.96. The lowest BCUT2D eigenvalue weighted by atomic mass is 9.95. The standard InChI is InChI=1S/C48H30N4/c1-2-12-37-32(10-1)11-9-17-38(37)33-22-20-31(21-23-33)35-26-29-46-43(30-35)39-13-3-4-16-42(39)48-50-49-47(52(46)48)34-24-27-36(28-25-34)51-44-18-7-5-14-40(44)41-15-6-8-19-45(41)51/h1-30H. The molecule has 0 aliphatic carbocycles. The van der Waals surface area contributed by atoms with Crippen molar-refractivity contribution >= 4 is 59.9 Å². The second-order valence-electron chi connectivity index (χ2n) is 13.5. The molecule has 4 nitrogen and oxygen atoms in total. The Morgan fingerprint density at radius 1 is 0.346 bits per heavy atom. The molecule has 0 fully saturated rings. The molecule has 0 saturated heterocycles. The van der Waals surface area contributed by atoms with E-state index in [-0.39, 0.29) is 0 Å². The lowest BCUT2D eigenvalue weighted by Gasteiger charge is -2.13. The first-order valence-electron chi connectivity index (χ1n) is 17.7. The molecule has 0 N–H and O–H groups in total. The molecule has 0 aliphatic heterocycles. The molecule has 0 unspecified atom stereocenters. The van der Waals surface area contributed by atoms with Gasteiger partial charge < -0.3 is 4.57 Å². The fourth-order valence-corrected chi connectivity index (χ4v) is 8.19. The van der Waals surface area contributed by atoms with E-state index in [1.54, 1.807) is 0 Å². The fourth-order valence-electron chi connectivity index (χ4n) is 8.19. The van der Waals surface area contributed by atoms with Gasteiger partial charge in [0.05, 0.1) is 16.6 Å². The maximum Gasteiger partial charge on any atom is 0.169 e. The number of pyridine rings is 1. The zero-order valence-electron chi connectivity index (χ0n) is 28.1. The van der Waals surface area contributed by atoms with Crippen molar-refractivity contribution in [2.45, 2.75) is 0 Å². The quantitative estimate of drug-likeness (QED) is 0.176. The molecule has 11 aromatic rings. The van der Waals surface area contributed by atoms with E-state index in [4.69, 9.17) is 10.2 Å². The number of aromatic nitrogens is 4. The first-order chi connectivity index (χ1) is 25.8. The minimum absolute atomic E-state index is 0.826. The maximum absolute atomic E-state index is 4.80. The highest BCUT2D eigenvalue weighted by Gasteiger charge is 2.18. The van der Waals surface area contributed by atoms with Crippen molar-refractivity contribution < 1.29 is 0 Å². The molecule has 242 valence electrons. The third-order valence-electron chi connectivity index (χ3n) is 10.6. The van der Waals surface area contributed by atoms with Crippen LogP contribution in [0.1, 0.15) is 0 Å². The first-order valence-corrected chi connectivity index (χ1v) is 17.7. The van der Waals surface area contributed by atoms with Crippen molar-refractivity contribution in [3.05, 3.63) is 182 Å². The predicted molar refractivity (Wildman–Crippen MR) is 216 cm³/mol. The zero-order chi connectivity index (χ0) is 34.2. The summed E-state index contributed by atoms with van der Waals surface area (Å²) in [5.41, 5.74) is 11.3. The Kier molecular flexibility index (Phi) is 6.22. The maximum atomic E-state index is 4.80. The largest absolute Gasteiger partial charge is 0.309 e. The molecular weight excluding hydrogens is 633 g/mol. The van der Waals surface area contributed by atoms with Gasteiger partial charge in [0.2, 0.25) is 0 Å². The monoisotopic (exact) mass is 662 g/mol. The molecule has 0 amide bonds. The van der Waals surface area contributed by atoms with Crippen LogP contribution in [0.25, 0.3) is 99.2 Å². The minimum Gasteiger partial charge on any atom is -0.309 e. The number of hydrogen-bond acceptors (Lipinski definition) is 2. The molecule has 3 heterocycles. The van der Waals surface area contributed by atoms with Gasteiger partial charge in [-0.2, -0.15) is 0 Å². The highest BCUT2D eigenvalue weighted by atomic mass is 15.2. The smallest absolute Gasteiger partial charge is 0.169 e. The van der Waals surface area contributed by atoms with E-state index in [1.807, 2.05) is 0 Å². The van der Waals surface area contributed by atoms with Crippen molar-refractivity contribution in [1.82, 2.24) is 19.2 Å². The molecule has 0 saturated carbocycles. The van der Waals surface area contributed by atoms with Crippen molar-refractivity contribution in [2.75, 3.05) is 0 Å². The number of nitrogens with zero attached hydrogens (tertiary/aromatic N) is 4.